The van der Waals surface area contributed by atoms with Crippen LogP contribution in [-0.4, -0.2) is 0 Å². The molecule has 0 aliphatic heterocycles. The summed E-state index contributed by atoms with van der Waals surface area (Å²) in [5, 5.41) is 0. The number of nitrogens with two attached hydrogens (primary N) is 1. The first-order chi connectivity index (χ1) is 7.70. The molecule has 0 bridgehead atoms. The van der Waals surface area contributed by atoms with Crippen molar-refractivity contribution in [2.75, 3.05) is 0 Å². The summed E-state index contributed by atoms with van der Waals surface area (Å²) in [5.41, 5.74) is 8.40. The van der Waals surface area contributed by atoms with Gasteiger partial charge in [-0.05, 0) is 41.0 Å². The standard InChI is InChI=1S/C13H11BrFN/c14-11-3-1-2-9(6-11)13-7-12(15)5-4-10(13)8-16/h1-7H,8,16H2. The van der Waals surface area contributed by atoms with Crippen LogP contribution < -0.4 is 5.73 Å². The molecule has 0 aliphatic carbocycles. The van der Waals surface area contributed by atoms with Gasteiger partial charge >= 0.3 is 0 Å². The Hall–Kier alpha value is -1.19. The molecule has 3 heteroatoms. The van der Waals surface area contributed by atoms with Crippen LogP contribution in [0.25, 0.3) is 11.1 Å². The Bertz CT molecular complexity index is 511. The Labute approximate surface area is 102 Å². The van der Waals surface area contributed by atoms with Gasteiger partial charge in [-0.15, -0.1) is 0 Å². The second kappa shape index (κ2) is 4.76. The molecule has 82 valence electrons. The van der Waals surface area contributed by atoms with Crippen molar-refractivity contribution in [1.82, 2.24) is 0 Å². The lowest BCUT2D eigenvalue weighted by Crippen LogP contribution is -1.99. The van der Waals surface area contributed by atoms with E-state index in [0.29, 0.717) is 6.54 Å². The Morgan fingerprint density at radius 2 is 1.94 bits per heavy atom. The Balaban J connectivity index is 2.58. The molecular weight excluding hydrogens is 269 g/mol. The zero-order chi connectivity index (χ0) is 11.5. The molecule has 1 nitrogen and oxygen atoms in total. The SMILES string of the molecule is NCc1ccc(F)cc1-c1cccc(Br)c1. The molecule has 16 heavy (non-hydrogen) atoms. The van der Waals surface area contributed by atoms with Crippen LogP contribution in [0.1, 0.15) is 5.56 Å². The van der Waals surface area contributed by atoms with E-state index in [1.54, 1.807) is 6.07 Å². The van der Waals surface area contributed by atoms with E-state index in [1.165, 1.54) is 12.1 Å². The summed E-state index contributed by atoms with van der Waals surface area (Å²) in [7, 11) is 0. The van der Waals surface area contributed by atoms with E-state index in [1.807, 2.05) is 24.3 Å². The molecule has 2 rings (SSSR count). The fourth-order valence-corrected chi connectivity index (χ4v) is 2.05. The fraction of sp³-hybridized carbons (Fsp3) is 0.0769. The Morgan fingerprint density at radius 1 is 1.12 bits per heavy atom. The third-order valence-electron chi connectivity index (χ3n) is 2.43. The first kappa shape index (κ1) is 11.3. The van der Waals surface area contributed by atoms with E-state index in [0.717, 1.165) is 21.2 Å². The number of halogens is 2. The van der Waals surface area contributed by atoms with Gasteiger partial charge in [0.15, 0.2) is 0 Å². The van der Waals surface area contributed by atoms with E-state index in [-0.39, 0.29) is 5.82 Å². The molecule has 2 aromatic rings. The van der Waals surface area contributed by atoms with Crippen molar-refractivity contribution in [2.45, 2.75) is 6.54 Å². The minimum Gasteiger partial charge on any atom is -0.326 e. The molecule has 0 unspecified atom stereocenters. The van der Waals surface area contributed by atoms with Gasteiger partial charge in [0.2, 0.25) is 0 Å². The third-order valence-corrected chi connectivity index (χ3v) is 2.92. The number of rotatable bonds is 2. The van der Waals surface area contributed by atoms with Crippen molar-refractivity contribution >= 4 is 15.9 Å². The van der Waals surface area contributed by atoms with Crippen LogP contribution >= 0.6 is 15.9 Å². The highest BCUT2D eigenvalue weighted by Crippen LogP contribution is 2.26. The normalized spacial score (nSPS) is 10.4. The van der Waals surface area contributed by atoms with Gasteiger partial charge in [0.1, 0.15) is 5.82 Å². The van der Waals surface area contributed by atoms with Crippen LogP contribution in [0.2, 0.25) is 0 Å². The topological polar surface area (TPSA) is 26.0 Å². The van der Waals surface area contributed by atoms with Crippen LogP contribution in [0, 0.1) is 5.82 Å². The van der Waals surface area contributed by atoms with Gasteiger partial charge in [0.25, 0.3) is 0 Å². The van der Waals surface area contributed by atoms with E-state index in [4.69, 9.17) is 5.73 Å². The summed E-state index contributed by atoms with van der Waals surface area (Å²) in [5.74, 6) is -0.243. The van der Waals surface area contributed by atoms with E-state index in [9.17, 15) is 4.39 Å². The number of benzene rings is 2. The molecule has 0 saturated heterocycles. The molecule has 0 amide bonds. The summed E-state index contributed by atoms with van der Waals surface area (Å²) in [6.45, 7) is 0.405. The maximum atomic E-state index is 13.2. The second-order valence-corrected chi connectivity index (χ2v) is 4.43. The smallest absolute Gasteiger partial charge is 0.123 e. The largest absolute Gasteiger partial charge is 0.326 e. The predicted octanol–water partition coefficient (Wildman–Crippen LogP) is 3.71. The van der Waals surface area contributed by atoms with Gasteiger partial charge < -0.3 is 5.73 Å². The summed E-state index contributed by atoms with van der Waals surface area (Å²) < 4.78 is 14.2. The summed E-state index contributed by atoms with van der Waals surface area (Å²) in [6.07, 6.45) is 0. The van der Waals surface area contributed by atoms with Gasteiger partial charge in [0.05, 0.1) is 0 Å². The Morgan fingerprint density at radius 3 is 2.62 bits per heavy atom. The zero-order valence-electron chi connectivity index (χ0n) is 8.58. The van der Waals surface area contributed by atoms with Crippen LogP contribution in [0.15, 0.2) is 46.9 Å². The lowest BCUT2D eigenvalue weighted by molar-refractivity contribution is 0.627. The summed E-state index contributed by atoms with van der Waals surface area (Å²) >= 11 is 3.40. The van der Waals surface area contributed by atoms with Gasteiger partial charge in [-0.25, -0.2) is 4.39 Å². The molecule has 0 radical (unpaired) electrons. The zero-order valence-corrected chi connectivity index (χ0v) is 10.2. The van der Waals surface area contributed by atoms with Crippen LogP contribution in [0.4, 0.5) is 4.39 Å². The van der Waals surface area contributed by atoms with Crippen molar-refractivity contribution in [3.05, 3.63) is 58.3 Å². The minimum absolute atomic E-state index is 0.243. The summed E-state index contributed by atoms with van der Waals surface area (Å²) in [6, 6.07) is 12.4. The predicted molar refractivity (Wildman–Crippen MR) is 67.4 cm³/mol. The van der Waals surface area contributed by atoms with Crippen LogP contribution in [0.5, 0.6) is 0 Å². The quantitative estimate of drug-likeness (QED) is 0.891. The third kappa shape index (κ3) is 2.31. The maximum absolute atomic E-state index is 13.2. The van der Waals surface area contributed by atoms with Gasteiger partial charge in [-0.1, -0.05) is 34.1 Å². The monoisotopic (exact) mass is 279 g/mol. The first-order valence-corrected chi connectivity index (χ1v) is 5.74. The van der Waals surface area contributed by atoms with Crippen molar-refractivity contribution in [3.63, 3.8) is 0 Å². The lowest BCUT2D eigenvalue weighted by atomic mass is 10.00. The van der Waals surface area contributed by atoms with Gasteiger partial charge in [0, 0.05) is 11.0 Å². The molecule has 0 aliphatic rings. The molecule has 0 atom stereocenters. The van der Waals surface area contributed by atoms with Crippen LogP contribution in [-0.2, 0) is 6.54 Å². The minimum atomic E-state index is -0.243. The van der Waals surface area contributed by atoms with Crippen molar-refractivity contribution in [3.8, 4) is 11.1 Å². The number of hydrogen-bond acceptors (Lipinski definition) is 1. The van der Waals surface area contributed by atoms with Gasteiger partial charge in [-0.2, -0.15) is 0 Å². The molecule has 0 saturated carbocycles. The van der Waals surface area contributed by atoms with Gasteiger partial charge in [-0.3, -0.25) is 0 Å². The molecular formula is C13H11BrFN. The first-order valence-electron chi connectivity index (χ1n) is 4.95. The van der Waals surface area contributed by atoms with Crippen molar-refractivity contribution < 1.29 is 4.39 Å². The lowest BCUT2D eigenvalue weighted by Gasteiger charge is -2.08. The van der Waals surface area contributed by atoms with E-state index >= 15 is 0 Å². The Kier molecular flexibility index (Phi) is 3.36. The van der Waals surface area contributed by atoms with E-state index in [2.05, 4.69) is 15.9 Å². The highest BCUT2D eigenvalue weighted by Gasteiger charge is 2.05. The molecule has 0 spiro atoms. The molecule has 2 N–H and O–H groups in total. The number of hydrogen-bond donors (Lipinski definition) is 1. The van der Waals surface area contributed by atoms with Crippen molar-refractivity contribution in [1.29, 1.82) is 0 Å². The molecule has 0 aromatic heterocycles. The molecule has 0 heterocycles. The van der Waals surface area contributed by atoms with Crippen molar-refractivity contribution in [2.24, 2.45) is 5.73 Å². The van der Waals surface area contributed by atoms with Crippen LogP contribution in [0.3, 0.4) is 0 Å². The molecule has 2 aromatic carbocycles. The average molecular weight is 280 g/mol. The highest BCUT2D eigenvalue weighted by molar-refractivity contribution is 9.10. The average Bonchev–Trinajstić information content (AvgIpc) is 2.29. The fourth-order valence-electron chi connectivity index (χ4n) is 1.65. The maximum Gasteiger partial charge on any atom is 0.123 e. The summed E-state index contributed by atoms with van der Waals surface area (Å²) in [4.78, 5) is 0. The van der Waals surface area contributed by atoms with E-state index < -0.39 is 0 Å². The second-order valence-electron chi connectivity index (χ2n) is 3.52. The molecule has 0 fully saturated rings. The highest BCUT2D eigenvalue weighted by atomic mass is 79.9.